The highest BCUT2D eigenvalue weighted by molar-refractivity contribution is 5.93. The quantitative estimate of drug-likeness (QED) is 0.774. The van der Waals surface area contributed by atoms with Crippen LogP contribution in [0.3, 0.4) is 0 Å². The van der Waals surface area contributed by atoms with Gasteiger partial charge >= 0.3 is 0 Å². The van der Waals surface area contributed by atoms with Crippen molar-refractivity contribution in [1.29, 1.82) is 0 Å². The molecule has 1 fully saturated rings. The van der Waals surface area contributed by atoms with E-state index < -0.39 is 0 Å². The average Bonchev–Trinajstić information content (AvgIpc) is 3.21. The standard InChI is InChI=1S/C23H28N2O2/c1-3-22(26)25(17-20-8-6-7-18(2)15-20)21-11-9-19(10-12-21)16-23(27)24-13-4-5-14-24/h6-12,15H,3-5,13-14,16-17H2,1-2H3. The van der Waals surface area contributed by atoms with Crippen LogP contribution >= 0.6 is 0 Å². The fourth-order valence-corrected chi connectivity index (χ4v) is 3.55. The third-order valence-electron chi connectivity index (χ3n) is 5.09. The minimum Gasteiger partial charge on any atom is -0.342 e. The van der Waals surface area contributed by atoms with Crippen molar-refractivity contribution in [1.82, 2.24) is 4.90 Å². The molecule has 27 heavy (non-hydrogen) atoms. The molecule has 1 heterocycles. The predicted molar refractivity (Wildman–Crippen MR) is 109 cm³/mol. The lowest BCUT2D eigenvalue weighted by molar-refractivity contribution is -0.129. The second-order valence-electron chi connectivity index (χ2n) is 7.25. The van der Waals surface area contributed by atoms with Gasteiger partial charge in [-0.1, -0.05) is 48.9 Å². The van der Waals surface area contributed by atoms with Crippen molar-refractivity contribution in [2.75, 3.05) is 18.0 Å². The molecule has 142 valence electrons. The van der Waals surface area contributed by atoms with Gasteiger partial charge in [-0.05, 0) is 43.0 Å². The van der Waals surface area contributed by atoms with E-state index in [9.17, 15) is 9.59 Å². The van der Waals surface area contributed by atoms with E-state index in [4.69, 9.17) is 0 Å². The Labute approximate surface area is 161 Å². The van der Waals surface area contributed by atoms with Crippen LogP contribution < -0.4 is 4.90 Å². The lowest BCUT2D eigenvalue weighted by Gasteiger charge is -2.23. The van der Waals surface area contributed by atoms with Crippen molar-refractivity contribution in [3.8, 4) is 0 Å². The summed E-state index contributed by atoms with van der Waals surface area (Å²) in [7, 11) is 0. The monoisotopic (exact) mass is 364 g/mol. The van der Waals surface area contributed by atoms with Crippen LogP contribution in [-0.2, 0) is 22.6 Å². The Morgan fingerprint density at radius 3 is 2.33 bits per heavy atom. The largest absolute Gasteiger partial charge is 0.342 e. The Kier molecular flexibility index (Phi) is 6.28. The molecule has 2 aromatic carbocycles. The molecule has 4 nitrogen and oxygen atoms in total. The molecule has 2 amide bonds. The summed E-state index contributed by atoms with van der Waals surface area (Å²) in [6, 6.07) is 16.1. The van der Waals surface area contributed by atoms with Crippen molar-refractivity contribution in [3.05, 3.63) is 65.2 Å². The number of likely N-dealkylation sites (tertiary alicyclic amines) is 1. The maximum Gasteiger partial charge on any atom is 0.227 e. The summed E-state index contributed by atoms with van der Waals surface area (Å²) < 4.78 is 0. The van der Waals surface area contributed by atoms with E-state index in [1.807, 2.05) is 53.1 Å². The van der Waals surface area contributed by atoms with Crippen molar-refractivity contribution < 1.29 is 9.59 Å². The lowest BCUT2D eigenvalue weighted by Crippen LogP contribution is -2.30. The Balaban J connectivity index is 1.72. The molecule has 0 radical (unpaired) electrons. The molecule has 0 atom stereocenters. The molecule has 1 aliphatic heterocycles. The summed E-state index contributed by atoms with van der Waals surface area (Å²) in [5.74, 6) is 0.291. The minimum absolute atomic E-state index is 0.0948. The van der Waals surface area contributed by atoms with Gasteiger partial charge in [0.25, 0.3) is 0 Å². The first-order valence-corrected chi connectivity index (χ1v) is 9.79. The molecular formula is C23H28N2O2. The number of rotatable bonds is 6. The maximum absolute atomic E-state index is 12.5. The van der Waals surface area contributed by atoms with Crippen LogP contribution in [0.5, 0.6) is 0 Å². The fourth-order valence-electron chi connectivity index (χ4n) is 3.55. The number of carbonyl (C=O) groups is 2. The average molecular weight is 364 g/mol. The summed E-state index contributed by atoms with van der Waals surface area (Å²) in [5, 5.41) is 0. The zero-order chi connectivity index (χ0) is 19.2. The van der Waals surface area contributed by atoms with Crippen LogP contribution in [0.4, 0.5) is 5.69 Å². The van der Waals surface area contributed by atoms with Crippen LogP contribution in [0.1, 0.15) is 42.9 Å². The van der Waals surface area contributed by atoms with Crippen molar-refractivity contribution >= 4 is 17.5 Å². The van der Waals surface area contributed by atoms with E-state index in [0.29, 0.717) is 19.4 Å². The van der Waals surface area contributed by atoms with Crippen LogP contribution in [-0.4, -0.2) is 29.8 Å². The second kappa shape index (κ2) is 8.85. The molecule has 2 aromatic rings. The zero-order valence-corrected chi connectivity index (χ0v) is 16.3. The molecule has 3 rings (SSSR count). The number of benzene rings is 2. The third-order valence-corrected chi connectivity index (χ3v) is 5.09. The molecule has 0 bridgehead atoms. The third kappa shape index (κ3) is 4.97. The van der Waals surface area contributed by atoms with Crippen LogP contribution in [0, 0.1) is 6.92 Å². The van der Waals surface area contributed by atoms with Gasteiger partial charge in [0.05, 0.1) is 13.0 Å². The van der Waals surface area contributed by atoms with E-state index in [-0.39, 0.29) is 11.8 Å². The lowest BCUT2D eigenvalue weighted by atomic mass is 10.1. The van der Waals surface area contributed by atoms with Crippen LogP contribution in [0.2, 0.25) is 0 Å². The van der Waals surface area contributed by atoms with Gasteiger partial charge in [0.15, 0.2) is 0 Å². The fraction of sp³-hybridized carbons (Fsp3) is 0.391. The highest BCUT2D eigenvalue weighted by atomic mass is 16.2. The molecule has 4 heteroatoms. The molecule has 0 saturated carbocycles. The van der Waals surface area contributed by atoms with E-state index in [1.165, 1.54) is 5.56 Å². The minimum atomic E-state index is 0.0948. The van der Waals surface area contributed by atoms with Gasteiger partial charge in [-0.25, -0.2) is 0 Å². The molecular weight excluding hydrogens is 336 g/mol. The van der Waals surface area contributed by atoms with E-state index in [0.717, 1.165) is 42.7 Å². The van der Waals surface area contributed by atoms with Gasteiger partial charge in [-0.2, -0.15) is 0 Å². The summed E-state index contributed by atoms with van der Waals surface area (Å²) >= 11 is 0. The number of nitrogens with zero attached hydrogens (tertiary/aromatic N) is 2. The normalized spacial score (nSPS) is 13.6. The molecule has 1 saturated heterocycles. The number of hydrogen-bond donors (Lipinski definition) is 0. The van der Waals surface area contributed by atoms with Crippen molar-refractivity contribution in [3.63, 3.8) is 0 Å². The number of carbonyl (C=O) groups excluding carboxylic acids is 2. The zero-order valence-electron chi connectivity index (χ0n) is 16.3. The molecule has 0 N–H and O–H groups in total. The van der Waals surface area contributed by atoms with Crippen LogP contribution in [0.25, 0.3) is 0 Å². The van der Waals surface area contributed by atoms with Crippen LogP contribution in [0.15, 0.2) is 48.5 Å². The number of hydrogen-bond acceptors (Lipinski definition) is 2. The van der Waals surface area contributed by atoms with E-state index in [2.05, 4.69) is 19.1 Å². The van der Waals surface area contributed by atoms with E-state index in [1.54, 1.807) is 0 Å². The Hall–Kier alpha value is -2.62. The Bertz CT molecular complexity index is 792. The summed E-state index contributed by atoms with van der Waals surface area (Å²) in [6.45, 7) is 6.26. The second-order valence-corrected chi connectivity index (χ2v) is 7.25. The molecule has 0 spiro atoms. The molecule has 0 unspecified atom stereocenters. The number of anilines is 1. The number of aryl methyl sites for hydroxylation is 1. The SMILES string of the molecule is CCC(=O)N(Cc1cccc(C)c1)c1ccc(CC(=O)N2CCCC2)cc1. The first kappa shape index (κ1) is 19.2. The summed E-state index contributed by atoms with van der Waals surface area (Å²) in [6.07, 6.45) is 3.11. The van der Waals surface area contributed by atoms with Crippen molar-refractivity contribution in [2.24, 2.45) is 0 Å². The van der Waals surface area contributed by atoms with E-state index >= 15 is 0 Å². The van der Waals surface area contributed by atoms with Gasteiger partial charge in [-0.15, -0.1) is 0 Å². The summed E-state index contributed by atoms with van der Waals surface area (Å²) in [4.78, 5) is 28.6. The first-order valence-electron chi connectivity index (χ1n) is 9.79. The molecule has 0 aromatic heterocycles. The smallest absolute Gasteiger partial charge is 0.227 e. The van der Waals surface area contributed by atoms with Gasteiger partial charge < -0.3 is 9.80 Å². The predicted octanol–water partition coefficient (Wildman–Crippen LogP) is 4.10. The Morgan fingerprint density at radius 1 is 1.00 bits per heavy atom. The van der Waals surface area contributed by atoms with Crippen molar-refractivity contribution in [2.45, 2.75) is 46.1 Å². The van der Waals surface area contributed by atoms with Gasteiger partial charge in [-0.3, -0.25) is 9.59 Å². The molecule has 1 aliphatic rings. The first-order chi connectivity index (χ1) is 13.1. The maximum atomic E-state index is 12.5. The highest BCUT2D eigenvalue weighted by Gasteiger charge is 2.19. The van der Waals surface area contributed by atoms with Gasteiger partial charge in [0.1, 0.15) is 0 Å². The number of amides is 2. The Morgan fingerprint density at radius 2 is 1.70 bits per heavy atom. The topological polar surface area (TPSA) is 40.6 Å². The van der Waals surface area contributed by atoms with Gasteiger partial charge in [0, 0.05) is 25.2 Å². The molecule has 0 aliphatic carbocycles. The highest BCUT2D eigenvalue weighted by Crippen LogP contribution is 2.21. The van der Waals surface area contributed by atoms with Gasteiger partial charge in [0.2, 0.25) is 11.8 Å². The summed E-state index contributed by atoms with van der Waals surface area (Å²) in [5.41, 5.74) is 4.17.